The van der Waals surface area contributed by atoms with E-state index in [0.29, 0.717) is 34.3 Å². The fourth-order valence-electron chi connectivity index (χ4n) is 4.04. The first-order valence-electron chi connectivity index (χ1n) is 12.3. The Hall–Kier alpha value is -2.59. The Morgan fingerprint density at radius 3 is 2.08 bits per heavy atom. The van der Waals surface area contributed by atoms with Crippen LogP contribution in [0.3, 0.4) is 0 Å². The summed E-state index contributed by atoms with van der Waals surface area (Å²) in [6, 6.07) is 17.1. The number of aryl methyl sites for hydroxylation is 1. The lowest BCUT2D eigenvalue weighted by atomic mass is 10.1. The second-order valence-electron chi connectivity index (χ2n) is 8.84. The van der Waals surface area contributed by atoms with E-state index in [0.717, 1.165) is 14.3 Å². The van der Waals surface area contributed by atoms with Crippen molar-refractivity contribution in [3.8, 4) is 0 Å². The maximum Gasteiger partial charge on any atom is 0.264 e. The number of rotatable bonds is 11. The molecule has 0 aliphatic carbocycles. The number of carbonyl (C=O) groups is 2. The lowest BCUT2D eigenvalue weighted by Gasteiger charge is -2.33. The van der Waals surface area contributed by atoms with Crippen LogP contribution < -0.4 is 9.62 Å². The highest BCUT2D eigenvalue weighted by molar-refractivity contribution is 9.10. The maximum atomic E-state index is 14.0. The van der Waals surface area contributed by atoms with Gasteiger partial charge in [-0.1, -0.05) is 69.8 Å². The van der Waals surface area contributed by atoms with E-state index in [1.54, 1.807) is 68.4 Å². The average Bonchev–Trinajstić information content (AvgIpc) is 2.89. The first-order chi connectivity index (χ1) is 18.5. The maximum absolute atomic E-state index is 14.0. The van der Waals surface area contributed by atoms with Crippen LogP contribution in [0.25, 0.3) is 0 Å². The number of anilines is 1. The van der Waals surface area contributed by atoms with Crippen LogP contribution in [0.2, 0.25) is 10.0 Å². The summed E-state index contributed by atoms with van der Waals surface area (Å²) >= 11 is 16.2. The summed E-state index contributed by atoms with van der Waals surface area (Å²) in [6.45, 7) is 5.17. The van der Waals surface area contributed by atoms with Gasteiger partial charge in [0.25, 0.3) is 10.0 Å². The smallest absolute Gasteiger partial charge is 0.264 e. The topological polar surface area (TPSA) is 86.8 Å². The predicted octanol–water partition coefficient (Wildman–Crippen LogP) is 6.20. The molecular weight excluding hydrogens is 625 g/mol. The number of nitrogens with zero attached hydrogens (tertiary/aromatic N) is 2. The van der Waals surface area contributed by atoms with Crippen molar-refractivity contribution in [2.45, 2.75) is 44.7 Å². The van der Waals surface area contributed by atoms with Gasteiger partial charge in [0.1, 0.15) is 12.6 Å². The monoisotopic (exact) mass is 653 g/mol. The van der Waals surface area contributed by atoms with Gasteiger partial charge in [0.15, 0.2) is 0 Å². The largest absolute Gasteiger partial charge is 0.355 e. The molecule has 11 heteroatoms. The molecule has 0 aliphatic heterocycles. The molecule has 0 aliphatic rings. The number of halogens is 3. The van der Waals surface area contributed by atoms with Crippen LogP contribution in [0.5, 0.6) is 0 Å². The molecule has 1 unspecified atom stereocenters. The summed E-state index contributed by atoms with van der Waals surface area (Å²) in [5, 5.41) is 3.44. The van der Waals surface area contributed by atoms with E-state index in [1.807, 2.05) is 6.92 Å². The van der Waals surface area contributed by atoms with Crippen LogP contribution in [-0.2, 0) is 26.2 Å². The Balaban J connectivity index is 2.09. The van der Waals surface area contributed by atoms with Crippen molar-refractivity contribution in [1.82, 2.24) is 10.2 Å². The molecule has 3 aromatic rings. The van der Waals surface area contributed by atoms with Gasteiger partial charge in [0.2, 0.25) is 11.8 Å². The molecule has 0 radical (unpaired) electrons. The van der Waals surface area contributed by atoms with Gasteiger partial charge < -0.3 is 10.2 Å². The number of hydrogen-bond donors (Lipinski definition) is 1. The molecule has 1 N–H and O–H groups in total. The fourth-order valence-corrected chi connectivity index (χ4v) is 6.23. The van der Waals surface area contributed by atoms with E-state index in [1.165, 1.54) is 17.0 Å². The lowest BCUT2D eigenvalue weighted by molar-refractivity contribution is -0.140. The van der Waals surface area contributed by atoms with Crippen LogP contribution in [0.15, 0.2) is 76.1 Å². The third-order valence-electron chi connectivity index (χ3n) is 6.13. The van der Waals surface area contributed by atoms with Crippen LogP contribution >= 0.6 is 39.1 Å². The Morgan fingerprint density at radius 1 is 0.949 bits per heavy atom. The third kappa shape index (κ3) is 7.54. The molecule has 0 heterocycles. The SMILES string of the molecule is CCNC(=O)C(CC)N(Cc1c(Cl)cccc1Cl)C(=O)CN(c1ccc(Br)cc1)S(=O)(=O)c1ccc(C)cc1. The zero-order chi connectivity index (χ0) is 28.7. The Bertz CT molecular complexity index is 1400. The van der Waals surface area contributed by atoms with E-state index in [-0.39, 0.29) is 17.3 Å². The number of sulfonamides is 1. The van der Waals surface area contributed by atoms with Gasteiger partial charge in [0, 0.05) is 33.2 Å². The number of likely N-dealkylation sites (N-methyl/N-ethyl adjacent to an activating group) is 1. The zero-order valence-electron chi connectivity index (χ0n) is 21.8. The summed E-state index contributed by atoms with van der Waals surface area (Å²) in [5.41, 5.74) is 1.66. The van der Waals surface area contributed by atoms with Crippen molar-refractivity contribution in [3.63, 3.8) is 0 Å². The number of hydrogen-bond acceptors (Lipinski definition) is 4. The normalized spacial score (nSPS) is 12.1. The van der Waals surface area contributed by atoms with Gasteiger partial charge in [0.05, 0.1) is 10.6 Å². The quantitative estimate of drug-likeness (QED) is 0.267. The Labute approximate surface area is 248 Å². The molecule has 0 bridgehead atoms. The highest BCUT2D eigenvalue weighted by Gasteiger charge is 2.34. The van der Waals surface area contributed by atoms with Gasteiger partial charge in [-0.3, -0.25) is 13.9 Å². The average molecular weight is 655 g/mol. The second-order valence-corrected chi connectivity index (χ2v) is 12.4. The molecule has 0 fully saturated rings. The van der Waals surface area contributed by atoms with E-state index < -0.39 is 28.5 Å². The molecule has 208 valence electrons. The van der Waals surface area contributed by atoms with Crippen LogP contribution in [0.1, 0.15) is 31.4 Å². The number of amides is 2. The van der Waals surface area contributed by atoms with Crippen LogP contribution in [-0.4, -0.2) is 44.3 Å². The third-order valence-corrected chi connectivity index (χ3v) is 9.15. The fraction of sp³-hybridized carbons (Fsp3) is 0.286. The van der Waals surface area contributed by atoms with E-state index in [9.17, 15) is 18.0 Å². The molecule has 2 amide bonds. The molecule has 0 saturated heterocycles. The van der Waals surface area contributed by atoms with Crippen molar-refractivity contribution < 1.29 is 18.0 Å². The van der Waals surface area contributed by atoms with Crippen LogP contribution in [0, 0.1) is 6.92 Å². The molecule has 0 spiro atoms. The minimum absolute atomic E-state index is 0.0419. The number of benzene rings is 3. The summed E-state index contributed by atoms with van der Waals surface area (Å²) in [6.07, 6.45) is 0.294. The number of nitrogens with one attached hydrogen (secondary N) is 1. The van der Waals surface area contributed by atoms with Gasteiger partial charge in [-0.25, -0.2) is 8.42 Å². The standard InChI is InChI=1S/C28H30BrCl2N3O4S/c1-4-26(28(36)32-5-2)33(17-23-24(30)7-6-8-25(23)31)27(35)18-34(21-13-11-20(29)12-14-21)39(37,38)22-15-9-19(3)10-16-22/h6-16,26H,4-5,17-18H2,1-3H3,(H,32,36). The van der Waals surface area contributed by atoms with Crippen LogP contribution in [0.4, 0.5) is 5.69 Å². The Kier molecular flexibility index (Phi) is 10.8. The molecule has 7 nitrogen and oxygen atoms in total. The first kappa shape index (κ1) is 30.9. The summed E-state index contributed by atoms with van der Waals surface area (Å²) < 4.78 is 29.5. The molecule has 3 rings (SSSR count). The van der Waals surface area contributed by atoms with Crippen molar-refractivity contribution >= 4 is 66.7 Å². The summed E-state index contributed by atoms with van der Waals surface area (Å²) in [5.74, 6) is -0.934. The Morgan fingerprint density at radius 2 is 1.54 bits per heavy atom. The van der Waals surface area contributed by atoms with Crippen molar-refractivity contribution in [2.75, 3.05) is 17.4 Å². The predicted molar refractivity (Wildman–Crippen MR) is 160 cm³/mol. The molecular formula is C28H30BrCl2N3O4S. The van der Waals surface area contributed by atoms with Gasteiger partial charge in [-0.05, 0) is 68.8 Å². The van der Waals surface area contributed by atoms with Gasteiger partial charge in [-0.2, -0.15) is 0 Å². The van der Waals surface area contributed by atoms with Crippen molar-refractivity contribution in [1.29, 1.82) is 0 Å². The highest BCUT2D eigenvalue weighted by atomic mass is 79.9. The van der Waals surface area contributed by atoms with Gasteiger partial charge >= 0.3 is 0 Å². The minimum atomic E-state index is -4.15. The zero-order valence-corrected chi connectivity index (χ0v) is 25.7. The van der Waals surface area contributed by atoms with E-state index in [4.69, 9.17) is 23.2 Å². The van der Waals surface area contributed by atoms with Crippen molar-refractivity contribution in [2.24, 2.45) is 0 Å². The second kappa shape index (κ2) is 13.7. The lowest BCUT2D eigenvalue weighted by Crippen LogP contribution is -2.52. The molecule has 39 heavy (non-hydrogen) atoms. The summed E-state index contributed by atoms with van der Waals surface area (Å²) in [4.78, 5) is 28.4. The minimum Gasteiger partial charge on any atom is -0.355 e. The molecule has 1 atom stereocenters. The molecule has 0 saturated carbocycles. The molecule has 3 aromatic carbocycles. The first-order valence-corrected chi connectivity index (χ1v) is 15.3. The summed E-state index contributed by atoms with van der Waals surface area (Å²) in [7, 11) is -4.15. The number of carbonyl (C=O) groups excluding carboxylic acids is 2. The van der Waals surface area contributed by atoms with Gasteiger partial charge in [-0.15, -0.1) is 0 Å². The van der Waals surface area contributed by atoms with Crippen molar-refractivity contribution in [3.05, 3.63) is 92.4 Å². The molecule has 0 aromatic heterocycles. The van der Waals surface area contributed by atoms with E-state index >= 15 is 0 Å². The highest BCUT2D eigenvalue weighted by Crippen LogP contribution is 2.29. The van der Waals surface area contributed by atoms with E-state index in [2.05, 4.69) is 21.2 Å².